The number of alkyl halides is 2. The van der Waals surface area contributed by atoms with Crippen LogP contribution >= 0.6 is 0 Å². The highest BCUT2D eigenvalue weighted by Crippen LogP contribution is 2.32. The van der Waals surface area contributed by atoms with Gasteiger partial charge in [-0.1, -0.05) is 0 Å². The van der Waals surface area contributed by atoms with Crippen LogP contribution in [0.25, 0.3) is 0 Å². The Hall–Kier alpha value is -0.220. The molecule has 0 aromatic heterocycles. The molecule has 2 nitrogen and oxygen atoms in total. The molecule has 1 rings (SSSR count). The maximum absolute atomic E-state index is 12.3. The van der Waals surface area contributed by atoms with Crippen LogP contribution in [0.4, 0.5) is 8.78 Å². The molecule has 0 aromatic rings. The minimum Gasteiger partial charge on any atom is -0.373 e. The van der Waals surface area contributed by atoms with Crippen molar-refractivity contribution in [2.24, 2.45) is 5.73 Å². The van der Waals surface area contributed by atoms with E-state index >= 15 is 0 Å². The lowest BCUT2D eigenvalue weighted by Crippen LogP contribution is -2.52. The molecule has 1 aliphatic rings. The van der Waals surface area contributed by atoms with Crippen molar-refractivity contribution in [1.82, 2.24) is 0 Å². The Morgan fingerprint density at radius 3 is 2.27 bits per heavy atom. The first-order chi connectivity index (χ1) is 4.97. The molecule has 0 aliphatic carbocycles. The highest BCUT2D eigenvalue weighted by atomic mass is 19.3. The number of hydrogen-bond donors (Lipinski definition) is 1. The van der Waals surface area contributed by atoms with E-state index in [-0.39, 0.29) is 12.5 Å². The van der Waals surface area contributed by atoms with Gasteiger partial charge in [-0.05, 0) is 20.3 Å². The summed E-state index contributed by atoms with van der Waals surface area (Å²) in [4.78, 5) is 0. The molecular weight excluding hydrogens is 152 g/mol. The van der Waals surface area contributed by atoms with Crippen LogP contribution in [-0.4, -0.2) is 24.2 Å². The molecule has 0 saturated carbocycles. The van der Waals surface area contributed by atoms with Crippen molar-refractivity contribution in [3.8, 4) is 0 Å². The number of ether oxygens (including phenoxy) is 1. The lowest BCUT2D eigenvalue weighted by atomic mass is 9.92. The summed E-state index contributed by atoms with van der Waals surface area (Å²) < 4.78 is 29.8. The fourth-order valence-electron chi connectivity index (χ4n) is 1.45. The van der Waals surface area contributed by atoms with E-state index in [1.165, 1.54) is 0 Å². The van der Waals surface area contributed by atoms with Gasteiger partial charge in [0.15, 0.2) is 0 Å². The van der Waals surface area contributed by atoms with E-state index in [1.807, 2.05) is 0 Å². The third-order valence-electron chi connectivity index (χ3n) is 2.24. The molecule has 66 valence electrons. The van der Waals surface area contributed by atoms with Crippen LogP contribution in [0, 0.1) is 0 Å². The lowest BCUT2D eigenvalue weighted by Gasteiger charge is -2.25. The Bertz CT molecular complexity index is 153. The van der Waals surface area contributed by atoms with Crippen LogP contribution in [0.5, 0.6) is 0 Å². The Morgan fingerprint density at radius 1 is 1.55 bits per heavy atom. The van der Waals surface area contributed by atoms with E-state index in [0.717, 1.165) is 0 Å². The van der Waals surface area contributed by atoms with Gasteiger partial charge in [0.2, 0.25) is 0 Å². The molecule has 4 heteroatoms. The van der Waals surface area contributed by atoms with E-state index in [2.05, 4.69) is 0 Å². The summed E-state index contributed by atoms with van der Waals surface area (Å²) in [7, 11) is 0. The van der Waals surface area contributed by atoms with Crippen LogP contribution in [0.15, 0.2) is 0 Å². The molecule has 1 fully saturated rings. The normalized spacial score (nSPS) is 45.3. The first-order valence-electron chi connectivity index (χ1n) is 3.69. The van der Waals surface area contributed by atoms with Gasteiger partial charge in [-0.2, -0.15) is 0 Å². The fraction of sp³-hybridized carbons (Fsp3) is 1.00. The van der Waals surface area contributed by atoms with Crippen LogP contribution in [0.1, 0.15) is 20.3 Å². The van der Waals surface area contributed by atoms with Gasteiger partial charge in [-0.3, -0.25) is 0 Å². The second-order valence-corrected chi connectivity index (χ2v) is 3.21. The van der Waals surface area contributed by atoms with Gasteiger partial charge < -0.3 is 10.5 Å². The van der Waals surface area contributed by atoms with E-state index in [4.69, 9.17) is 10.5 Å². The van der Waals surface area contributed by atoms with Gasteiger partial charge in [0.05, 0.1) is 12.2 Å². The summed E-state index contributed by atoms with van der Waals surface area (Å²) in [5.74, 6) is 0. The van der Waals surface area contributed by atoms with Crippen molar-refractivity contribution in [2.75, 3.05) is 0 Å². The fourth-order valence-corrected chi connectivity index (χ4v) is 1.45. The Kier molecular flexibility index (Phi) is 2.16. The topological polar surface area (TPSA) is 35.2 Å². The molecule has 0 amide bonds. The average molecular weight is 165 g/mol. The second-order valence-electron chi connectivity index (χ2n) is 3.21. The van der Waals surface area contributed by atoms with Gasteiger partial charge in [-0.25, -0.2) is 8.78 Å². The number of nitrogens with two attached hydrogens (primary N) is 1. The molecule has 1 heterocycles. The van der Waals surface area contributed by atoms with Crippen LogP contribution < -0.4 is 5.73 Å². The summed E-state index contributed by atoms with van der Waals surface area (Å²) in [6, 6.07) is 0. The monoisotopic (exact) mass is 165 g/mol. The van der Waals surface area contributed by atoms with E-state index in [9.17, 15) is 8.78 Å². The molecule has 0 spiro atoms. The van der Waals surface area contributed by atoms with Crippen LogP contribution in [0.2, 0.25) is 0 Å². The predicted molar refractivity (Wildman–Crippen MR) is 37.5 cm³/mol. The molecule has 2 N–H and O–H groups in total. The zero-order valence-corrected chi connectivity index (χ0v) is 6.68. The standard InChI is InChI=1S/C7H13F2NO/c1-4-3-7(10,6(8)9)5(2)11-4/h4-6H,3,10H2,1-2H3. The summed E-state index contributed by atoms with van der Waals surface area (Å²) in [6.45, 7) is 3.35. The van der Waals surface area contributed by atoms with Gasteiger partial charge in [0, 0.05) is 0 Å². The Balaban J connectivity index is 2.71. The first-order valence-corrected chi connectivity index (χ1v) is 3.69. The van der Waals surface area contributed by atoms with Gasteiger partial charge in [0.1, 0.15) is 5.54 Å². The zero-order valence-electron chi connectivity index (χ0n) is 6.68. The van der Waals surface area contributed by atoms with Gasteiger partial charge in [-0.15, -0.1) is 0 Å². The quantitative estimate of drug-likeness (QED) is 0.632. The molecule has 11 heavy (non-hydrogen) atoms. The second kappa shape index (κ2) is 2.68. The lowest BCUT2D eigenvalue weighted by molar-refractivity contribution is -0.00569. The minimum atomic E-state index is -2.50. The summed E-state index contributed by atoms with van der Waals surface area (Å²) in [6.07, 6.45) is -2.95. The zero-order chi connectivity index (χ0) is 8.65. The molecule has 0 aromatic carbocycles. The Morgan fingerprint density at radius 2 is 2.09 bits per heavy atom. The average Bonchev–Trinajstić information content (AvgIpc) is 2.08. The number of rotatable bonds is 1. The first kappa shape index (κ1) is 8.87. The van der Waals surface area contributed by atoms with Crippen molar-refractivity contribution < 1.29 is 13.5 Å². The smallest absolute Gasteiger partial charge is 0.258 e. The summed E-state index contributed by atoms with van der Waals surface area (Å²) >= 11 is 0. The molecular formula is C7H13F2NO. The molecule has 1 aliphatic heterocycles. The van der Waals surface area contributed by atoms with Crippen molar-refractivity contribution in [3.05, 3.63) is 0 Å². The van der Waals surface area contributed by atoms with Crippen LogP contribution in [-0.2, 0) is 4.74 Å². The SMILES string of the molecule is CC1CC(N)(C(F)F)C(C)O1. The van der Waals surface area contributed by atoms with Gasteiger partial charge >= 0.3 is 0 Å². The molecule has 3 unspecified atom stereocenters. The molecule has 3 atom stereocenters. The van der Waals surface area contributed by atoms with E-state index in [0.29, 0.717) is 0 Å². The largest absolute Gasteiger partial charge is 0.373 e. The molecule has 1 saturated heterocycles. The Labute approximate surface area is 64.7 Å². The third kappa shape index (κ3) is 1.37. The number of halogens is 2. The molecule has 0 radical (unpaired) electrons. The summed E-state index contributed by atoms with van der Waals surface area (Å²) in [5, 5.41) is 0. The van der Waals surface area contributed by atoms with Gasteiger partial charge in [0.25, 0.3) is 6.43 Å². The number of hydrogen-bond acceptors (Lipinski definition) is 2. The van der Waals surface area contributed by atoms with Crippen molar-refractivity contribution in [1.29, 1.82) is 0 Å². The maximum atomic E-state index is 12.3. The van der Waals surface area contributed by atoms with Crippen molar-refractivity contribution >= 4 is 0 Å². The predicted octanol–water partition coefficient (Wildman–Crippen LogP) is 1.15. The third-order valence-corrected chi connectivity index (χ3v) is 2.24. The van der Waals surface area contributed by atoms with Crippen LogP contribution in [0.3, 0.4) is 0 Å². The highest BCUT2D eigenvalue weighted by Gasteiger charge is 2.48. The van der Waals surface area contributed by atoms with E-state index in [1.54, 1.807) is 13.8 Å². The highest BCUT2D eigenvalue weighted by molar-refractivity contribution is 4.99. The van der Waals surface area contributed by atoms with Crippen molar-refractivity contribution in [2.45, 2.75) is 44.4 Å². The van der Waals surface area contributed by atoms with Crippen molar-refractivity contribution in [3.63, 3.8) is 0 Å². The maximum Gasteiger partial charge on any atom is 0.258 e. The van der Waals surface area contributed by atoms with E-state index < -0.39 is 18.1 Å². The molecule has 0 bridgehead atoms. The summed E-state index contributed by atoms with van der Waals surface area (Å²) in [5.41, 5.74) is 4.03. The minimum absolute atomic E-state index is 0.149.